The minimum atomic E-state index is 0.646. The van der Waals surface area contributed by atoms with Crippen molar-refractivity contribution in [3.63, 3.8) is 0 Å². The Labute approximate surface area is 102 Å². The second-order valence-corrected chi connectivity index (χ2v) is 3.91. The van der Waals surface area contributed by atoms with Gasteiger partial charge in [-0.05, 0) is 18.2 Å². The Kier molecular flexibility index (Phi) is 2.38. The number of nitrogens with zero attached hydrogens (tertiary/aromatic N) is 4. The van der Waals surface area contributed by atoms with Gasteiger partial charge in [0.05, 0.1) is 0 Å². The van der Waals surface area contributed by atoms with Crippen molar-refractivity contribution in [2.45, 2.75) is 0 Å². The van der Waals surface area contributed by atoms with Crippen LogP contribution in [-0.2, 0) is 0 Å². The molecular formula is C11H8ClN5. The summed E-state index contributed by atoms with van der Waals surface area (Å²) in [5, 5.41) is 11.6. The number of aromatic nitrogens is 4. The van der Waals surface area contributed by atoms with Crippen LogP contribution in [0.2, 0.25) is 5.02 Å². The van der Waals surface area contributed by atoms with Gasteiger partial charge in [-0.15, -0.1) is 10.2 Å². The smallest absolute Gasteiger partial charge is 0.203 e. The summed E-state index contributed by atoms with van der Waals surface area (Å²) >= 11 is 5.91. The van der Waals surface area contributed by atoms with Gasteiger partial charge < -0.3 is 5.32 Å². The Hall–Kier alpha value is -2.14. The van der Waals surface area contributed by atoms with Gasteiger partial charge in [0.25, 0.3) is 0 Å². The van der Waals surface area contributed by atoms with E-state index in [1.165, 1.54) is 0 Å². The molecule has 1 N–H and O–H groups in total. The quantitative estimate of drug-likeness (QED) is 0.754. The molecule has 0 saturated carbocycles. The maximum Gasteiger partial charge on any atom is 0.203 e. The molecule has 0 radical (unpaired) electrons. The van der Waals surface area contributed by atoms with E-state index in [1.54, 1.807) is 23.1 Å². The fourth-order valence-electron chi connectivity index (χ4n) is 1.55. The zero-order chi connectivity index (χ0) is 11.7. The van der Waals surface area contributed by atoms with Crippen molar-refractivity contribution in [1.82, 2.24) is 19.6 Å². The number of hydrogen-bond acceptors (Lipinski definition) is 4. The van der Waals surface area contributed by atoms with Gasteiger partial charge >= 0.3 is 0 Å². The fraction of sp³-hybridized carbons (Fsp3) is 0. The molecule has 3 aromatic rings. The molecule has 0 unspecified atom stereocenters. The second-order valence-electron chi connectivity index (χ2n) is 3.47. The average molecular weight is 246 g/mol. The van der Waals surface area contributed by atoms with Gasteiger partial charge in [0, 0.05) is 23.1 Å². The lowest BCUT2D eigenvalue weighted by Gasteiger charge is -2.05. The summed E-state index contributed by atoms with van der Waals surface area (Å²) in [6.45, 7) is 0. The van der Waals surface area contributed by atoms with Crippen LogP contribution in [0.15, 0.2) is 43.0 Å². The first-order valence-electron chi connectivity index (χ1n) is 5.00. The molecule has 17 heavy (non-hydrogen) atoms. The number of rotatable bonds is 2. The molecular weight excluding hydrogens is 238 g/mol. The van der Waals surface area contributed by atoms with Crippen molar-refractivity contribution < 1.29 is 0 Å². The first-order valence-corrected chi connectivity index (χ1v) is 5.38. The normalized spacial score (nSPS) is 10.6. The Bertz CT molecular complexity index is 664. The molecule has 0 aliphatic heterocycles. The Balaban J connectivity index is 2.02. The third kappa shape index (κ3) is 1.92. The van der Waals surface area contributed by atoms with E-state index in [0.717, 1.165) is 5.69 Å². The van der Waals surface area contributed by atoms with Gasteiger partial charge in [-0.2, -0.15) is 0 Å². The van der Waals surface area contributed by atoms with E-state index in [9.17, 15) is 0 Å². The lowest BCUT2D eigenvalue weighted by Crippen LogP contribution is -1.97. The van der Waals surface area contributed by atoms with Crippen LogP contribution in [0.3, 0.4) is 0 Å². The number of hydrogen-bond donors (Lipinski definition) is 1. The zero-order valence-electron chi connectivity index (χ0n) is 8.71. The number of halogens is 1. The standard InChI is InChI=1S/C11H8ClN5/c12-8-2-1-3-9(6-8)15-10-11-16-14-7-17(11)5-4-13-10/h1-7H,(H,13,15). The maximum atomic E-state index is 5.91. The lowest BCUT2D eigenvalue weighted by atomic mass is 10.3. The monoisotopic (exact) mass is 245 g/mol. The summed E-state index contributed by atoms with van der Waals surface area (Å²) in [4.78, 5) is 4.23. The first-order chi connectivity index (χ1) is 8.33. The SMILES string of the molecule is Clc1cccc(Nc2nccn3cnnc23)c1. The van der Waals surface area contributed by atoms with Crippen molar-refractivity contribution in [2.24, 2.45) is 0 Å². The van der Waals surface area contributed by atoms with Crippen LogP contribution in [0.4, 0.5) is 11.5 Å². The second kappa shape index (κ2) is 4.03. The van der Waals surface area contributed by atoms with Crippen molar-refractivity contribution in [2.75, 3.05) is 5.32 Å². The molecule has 0 atom stereocenters. The third-order valence-corrected chi connectivity index (χ3v) is 2.54. The van der Waals surface area contributed by atoms with Crippen molar-refractivity contribution in [3.8, 4) is 0 Å². The molecule has 5 nitrogen and oxygen atoms in total. The molecule has 2 heterocycles. The molecule has 0 amide bonds. The number of nitrogens with one attached hydrogen (secondary N) is 1. The minimum absolute atomic E-state index is 0.646. The summed E-state index contributed by atoms with van der Waals surface area (Å²) in [6, 6.07) is 7.42. The van der Waals surface area contributed by atoms with Gasteiger partial charge in [-0.25, -0.2) is 4.98 Å². The van der Waals surface area contributed by atoms with Gasteiger partial charge in [-0.1, -0.05) is 17.7 Å². The molecule has 0 bridgehead atoms. The van der Waals surface area contributed by atoms with Crippen molar-refractivity contribution in [1.29, 1.82) is 0 Å². The Morgan fingerprint density at radius 2 is 2.24 bits per heavy atom. The highest BCUT2D eigenvalue weighted by atomic mass is 35.5. The molecule has 0 aliphatic rings. The van der Waals surface area contributed by atoms with E-state index in [2.05, 4.69) is 20.5 Å². The molecule has 3 rings (SSSR count). The summed E-state index contributed by atoms with van der Waals surface area (Å²) in [7, 11) is 0. The minimum Gasteiger partial charge on any atom is -0.337 e. The van der Waals surface area contributed by atoms with Crippen LogP contribution in [0.1, 0.15) is 0 Å². The molecule has 1 aromatic carbocycles. The van der Waals surface area contributed by atoms with Crippen LogP contribution < -0.4 is 5.32 Å². The van der Waals surface area contributed by atoms with Gasteiger partial charge in [0.15, 0.2) is 5.82 Å². The van der Waals surface area contributed by atoms with Crippen LogP contribution in [0.25, 0.3) is 5.65 Å². The zero-order valence-corrected chi connectivity index (χ0v) is 9.46. The predicted octanol–water partition coefficient (Wildman–Crippen LogP) is 2.52. The highest BCUT2D eigenvalue weighted by Gasteiger charge is 2.04. The van der Waals surface area contributed by atoms with E-state index in [-0.39, 0.29) is 0 Å². The summed E-state index contributed by atoms with van der Waals surface area (Å²) in [5.74, 6) is 0.646. The van der Waals surface area contributed by atoms with Gasteiger partial charge in [0.2, 0.25) is 5.65 Å². The third-order valence-electron chi connectivity index (χ3n) is 2.30. The molecule has 0 saturated heterocycles. The van der Waals surface area contributed by atoms with Crippen molar-refractivity contribution >= 4 is 28.8 Å². The molecule has 6 heteroatoms. The number of fused-ring (bicyclic) bond motifs is 1. The van der Waals surface area contributed by atoms with Crippen LogP contribution in [-0.4, -0.2) is 19.6 Å². The number of anilines is 2. The van der Waals surface area contributed by atoms with Crippen LogP contribution in [0.5, 0.6) is 0 Å². The molecule has 0 spiro atoms. The topological polar surface area (TPSA) is 55.1 Å². The highest BCUT2D eigenvalue weighted by Crippen LogP contribution is 2.20. The Morgan fingerprint density at radius 3 is 3.12 bits per heavy atom. The largest absolute Gasteiger partial charge is 0.337 e. The maximum absolute atomic E-state index is 5.91. The summed E-state index contributed by atoms with van der Waals surface area (Å²) in [5.41, 5.74) is 1.54. The predicted molar refractivity (Wildman–Crippen MR) is 65.5 cm³/mol. The Morgan fingerprint density at radius 1 is 1.29 bits per heavy atom. The van der Waals surface area contributed by atoms with Crippen LogP contribution in [0, 0.1) is 0 Å². The summed E-state index contributed by atoms with van der Waals surface area (Å²) < 4.78 is 1.79. The average Bonchev–Trinajstić information content (AvgIpc) is 2.78. The van der Waals surface area contributed by atoms with E-state index in [0.29, 0.717) is 16.5 Å². The van der Waals surface area contributed by atoms with Crippen molar-refractivity contribution in [3.05, 3.63) is 48.0 Å². The van der Waals surface area contributed by atoms with Gasteiger partial charge in [0.1, 0.15) is 6.33 Å². The van der Waals surface area contributed by atoms with E-state index < -0.39 is 0 Å². The molecule has 0 fully saturated rings. The first kappa shape index (κ1) is 10.0. The van der Waals surface area contributed by atoms with Gasteiger partial charge in [-0.3, -0.25) is 4.40 Å². The fourth-order valence-corrected chi connectivity index (χ4v) is 1.74. The molecule has 2 aromatic heterocycles. The summed E-state index contributed by atoms with van der Waals surface area (Å²) in [6.07, 6.45) is 5.10. The van der Waals surface area contributed by atoms with E-state index in [1.807, 2.05) is 24.3 Å². The highest BCUT2D eigenvalue weighted by molar-refractivity contribution is 6.30. The van der Waals surface area contributed by atoms with E-state index >= 15 is 0 Å². The van der Waals surface area contributed by atoms with Crippen LogP contribution >= 0.6 is 11.6 Å². The molecule has 0 aliphatic carbocycles. The number of benzene rings is 1. The van der Waals surface area contributed by atoms with E-state index in [4.69, 9.17) is 11.6 Å². The molecule has 84 valence electrons. The lowest BCUT2D eigenvalue weighted by molar-refractivity contribution is 1.10.